The number of hydrogen-bond donors (Lipinski definition) is 4. The Balaban J connectivity index is 2.93. The van der Waals surface area contributed by atoms with E-state index in [1.807, 2.05) is 26.4 Å². The van der Waals surface area contributed by atoms with E-state index in [0.717, 1.165) is 0 Å². The number of likely N-dealkylation sites (tertiary alicyclic amines) is 1. The number of carboxylic acid groups (broad SMARTS) is 1. The first-order chi connectivity index (χ1) is 15.1. The number of rotatable bonds is 14. The van der Waals surface area contributed by atoms with Crippen molar-refractivity contribution in [3.63, 3.8) is 0 Å². The highest BCUT2D eigenvalue weighted by molar-refractivity contribution is 7.98. The Morgan fingerprint density at radius 1 is 1.03 bits per heavy atom. The molecule has 0 bridgehead atoms. The second-order valence-electron chi connectivity index (χ2n) is 8.45. The van der Waals surface area contributed by atoms with Gasteiger partial charge in [0.1, 0.15) is 18.1 Å². The van der Waals surface area contributed by atoms with Gasteiger partial charge < -0.3 is 26.4 Å². The maximum atomic E-state index is 13.1. The molecular formula is C21H38N4O5S2. The minimum absolute atomic E-state index is 0.241. The molecule has 0 spiro atoms. The largest absolute Gasteiger partial charge is 0.480 e. The molecule has 1 rings (SSSR count). The Morgan fingerprint density at radius 2 is 1.59 bits per heavy atom. The Kier molecular flexibility index (Phi) is 13.1. The molecule has 32 heavy (non-hydrogen) atoms. The van der Waals surface area contributed by atoms with Crippen molar-refractivity contribution in [3.8, 4) is 0 Å². The third-order valence-corrected chi connectivity index (χ3v) is 6.64. The molecule has 0 aromatic carbocycles. The summed E-state index contributed by atoms with van der Waals surface area (Å²) in [6, 6.07) is -3.23. The van der Waals surface area contributed by atoms with Gasteiger partial charge in [0.2, 0.25) is 17.7 Å². The summed E-state index contributed by atoms with van der Waals surface area (Å²) < 4.78 is 0. The highest BCUT2D eigenvalue weighted by Gasteiger charge is 2.38. The van der Waals surface area contributed by atoms with Gasteiger partial charge >= 0.3 is 5.97 Å². The summed E-state index contributed by atoms with van der Waals surface area (Å²) in [6.45, 7) is 4.30. The minimum Gasteiger partial charge on any atom is -0.480 e. The lowest BCUT2D eigenvalue weighted by atomic mass is 10.0. The topological polar surface area (TPSA) is 142 Å². The lowest BCUT2D eigenvalue weighted by Gasteiger charge is -2.29. The van der Waals surface area contributed by atoms with Gasteiger partial charge in [-0.2, -0.15) is 23.5 Å². The standard InChI is InChI=1S/C21H38N4O5S2/c1-13(2)12-14(22)18(26)23-15(7-10-31-3)19(27)24-16(8-11-32-4)20(28)25-9-5-6-17(25)21(29)30/h13-17H,5-12,22H2,1-4H3,(H,23,26)(H,24,27)(H,29,30). The quantitative estimate of drug-likeness (QED) is 0.281. The second-order valence-corrected chi connectivity index (χ2v) is 10.4. The normalized spacial score (nSPS) is 18.8. The summed E-state index contributed by atoms with van der Waals surface area (Å²) in [6.07, 6.45) is 6.12. The fraction of sp³-hybridized carbons (Fsp3) is 0.810. The zero-order chi connectivity index (χ0) is 24.3. The Morgan fingerprint density at radius 3 is 2.12 bits per heavy atom. The van der Waals surface area contributed by atoms with Crippen LogP contribution in [0.4, 0.5) is 0 Å². The lowest BCUT2D eigenvalue weighted by Crippen LogP contribution is -2.57. The molecule has 1 heterocycles. The van der Waals surface area contributed by atoms with Crippen LogP contribution in [0.3, 0.4) is 0 Å². The molecule has 0 saturated carbocycles. The first kappa shape index (κ1) is 28.6. The van der Waals surface area contributed by atoms with E-state index in [1.54, 1.807) is 11.8 Å². The van der Waals surface area contributed by atoms with Gasteiger partial charge in [-0.3, -0.25) is 14.4 Å². The van der Waals surface area contributed by atoms with E-state index in [9.17, 15) is 24.3 Å². The van der Waals surface area contributed by atoms with Crippen LogP contribution in [0, 0.1) is 5.92 Å². The molecule has 1 fully saturated rings. The number of carbonyl (C=O) groups is 4. The highest BCUT2D eigenvalue weighted by atomic mass is 32.2. The van der Waals surface area contributed by atoms with Crippen LogP contribution in [-0.2, 0) is 19.2 Å². The van der Waals surface area contributed by atoms with Gasteiger partial charge in [0.15, 0.2) is 0 Å². The second kappa shape index (κ2) is 14.6. The predicted octanol–water partition coefficient (Wildman–Crippen LogP) is 0.911. The van der Waals surface area contributed by atoms with Crippen LogP contribution in [0.2, 0.25) is 0 Å². The van der Waals surface area contributed by atoms with Crippen molar-refractivity contribution in [3.05, 3.63) is 0 Å². The number of aliphatic carboxylic acids is 1. The Hall–Kier alpha value is -1.46. The number of hydrogen-bond acceptors (Lipinski definition) is 7. The lowest BCUT2D eigenvalue weighted by molar-refractivity contribution is -0.149. The van der Waals surface area contributed by atoms with E-state index >= 15 is 0 Å². The zero-order valence-corrected chi connectivity index (χ0v) is 21.1. The average molecular weight is 491 g/mol. The van der Waals surface area contributed by atoms with Crippen LogP contribution in [0.15, 0.2) is 0 Å². The van der Waals surface area contributed by atoms with Crippen LogP contribution >= 0.6 is 23.5 Å². The summed E-state index contributed by atoms with van der Waals surface area (Å²) in [5.74, 6) is -0.742. The van der Waals surface area contributed by atoms with Gasteiger partial charge in [-0.1, -0.05) is 13.8 Å². The van der Waals surface area contributed by atoms with Crippen LogP contribution < -0.4 is 16.4 Å². The van der Waals surface area contributed by atoms with Crippen molar-refractivity contribution in [1.29, 1.82) is 0 Å². The van der Waals surface area contributed by atoms with Gasteiger partial charge in [-0.15, -0.1) is 0 Å². The fourth-order valence-electron chi connectivity index (χ4n) is 3.65. The summed E-state index contributed by atoms with van der Waals surface area (Å²) in [5.41, 5.74) is 5.97. The molecule has 5 N–H and O–H groups in total. The van der Waals surface area contributed by atoms with Crippen molar-refractivity contribution >= 4 is 47.2 Å². The van der Waals surface area contributed by atoms with Crippen molar-refractivity contribution in [2.45, 2.75) is 70.1 Å². The van der Waals surface area contributed by atoms with Crippen LogP contribution in [0.5, 0.6) is 0 Å². The van der Waals surface area contributed by atoms with Gasteiger partial charge in [0.05, 0.1) is 6.04 Å². The van der Waals surface area contributed by atoms with Crippen molar-refractivity contribution in [1.82, 2.24) is 15.5 Å². The Labute approximate surface area is 199 Å². The predicted molar refractivity (Wildman–Crippen MR) is 130 cm³/mol. The van der Waals surface area contributed by atoms with Crippen molar-refractivity contribution < 1.29 is 24.3 Å². The molecule has 1 aliphatic rings. The number of carbonyl (C=O) groups excluding carboxylic acids is 3. The molecule has 184 valence electrons. The number of carboxylic acids is 1. The maximum absolute atomic E-state index is 13.1. The monoisotopic (exact) mass is 490 g/mol. The number of nitrogens with one attached hydrogen (secondary N) is 2. The SMILES string of the molecule is CSCCC(NC(=O)C(N)CC(C)C)C(=O)NC(CCSC)C(=O)N1CCCC1C(=O)O. The molecule has 4 atom stereocenters. The number of nitrogens with zero attached hydrogens (tertiary/aromatic N) is 1. The first-order valence-corrected chi connectivity index (χ1v) is 13.8. The fourth-order valence-corrected chi connectivity index (χ4v) is 4.59. The molecule has 0 aromatic heterocycles. The minimum atomic E-state index is -1.03. The maximum Gasteiger partial charge on any atom is 0.326 e. The van der Waals surface area contributed by atoms with Crippen molar-refractivity contribution in [2.24, 2.45) is 11.7 Å². The summed E-state index contributed by atoms with van der Waals surface area (Å²) >= 11 is 3.09. The molecule has 11 heteroatoms. The van der Waals surface area contributed by atoms with Crippen LogP contribution in [0.25, 0.3) is 0 Å². The van der Waals surface area contributed by atoms with E-state index in [2.05, 4.69) is 10.6 Å². The van der Waals surface area contributed by atoms with Crippen LogP contribution in [-0.4, -0.2) is 88.4 Å². The van der Waals surface area contributed by atoms with Crippen LogP contribution in [0.1, 0.15) is 46.0 Å². The zero-order valence-electron chi connectivity index (χ0n) is 19.5. The third kappa shape index (κ3) is 9.19. The van der Waals surface area contributed by atoms with E-state index in [4.69, 9.17) is 5.73 Å². The van der Waals surface area contributed by atoms with Gasteiger partial charge in [0.25, 0.3) is 0 Å². The Bertz CT molecular complexity index is 650. The molecular weight excluding hydrogens is 452 g/mol. The molecule has 1 saturated heterocycles. The van der Waals surface area contributed by atoms with Gasteiger partial charge in [-0.05, 0) is 62.0 Å². The van der Waals surface area contributed by atoms with Gasteiger partial charge in [-0.25, -0.2) is 4.79 Å². The smallest absolute Gasteiger partial charge is 0.326 e. The molecule has 9 nitrogen and oxygen atoms in total. The van der Waals surface area contributed by atoms with E-state index in [1.165, 1.54) is 16.7 Å². The average Bonchev–Trinajstić information content (AvgIpc) is 3.22. The molecule has 0 aromatic rings. The number of thioether (sulfide) groups is 2. The molecule has 1 aliphatic heterocycles. The summed E-state index contributed by atoms with van der Waals surface area (Å²) in [7, 11) is 0. The first-order valence-electron chi connectivity index (χ1n) is 11.0. The van der Waals surface area contributed by atoms with Crippen molar-refractivity contribution in [2.75, 3.05) is 30.6 Å². The summed E-state index contributed by atoms with van der Waals surface area (Å²) in [5, 5.41) is 14.9. The molecule has 3 amide bonds. The highest BCUT2D eigenvalue weighted by Crippen LogP contribution is 2.20. The van der Waals surface area contributed by atoms with E-state index < -0.39 is 42.0 Å². The molecule has 0 radical (unpaired) electrons. The molecule has 4 unspecified atom stereocenters. The third-order valence-electron chi connectivity index (χ3n) is 5.35. The summed E-state index contributed by atoms with van der Waals surface area (Å²) in [4.78, 5) is 51.6. The molecule has 0 aliphatic carbocycles. The number of nitrogens with two attached hydrogens (primary N) is 1. The van der Waals surface area contributed by atoms with E-state index in [0.29, 0.717) is 50.2 Å². The van der Waals surface area contributed by atoms with E-state index in [-0.39, 0.29) is 11.8 Å². The van der Waals surface area contributed by atoms with Gasteiger partial charge in [0, 0.05) is 6.54 Å². The number of amides is 3.